The molecule has 0 atom stereocenters. The van der Waals surface area contributed by atoms with Crippen molar-refractivity contribution in [2.75, 3.05) is 67.7 Å². The van der Waals surface area contributed by atoms with E-state index in [1.54, 1.807) is 12.1 Å². The first-order valence-corrected chi connectivity index (χ1v) is 8.47. The average Bonchev–Trinajstić information content (AvgIpc) is 2.84. The average molecular weight is 352 g/mol. The number of carbonyl (C=O) groups excluding carboxylic acids is 1. The molecule has 0 unspecified atom stereocenters. The second-order valence-corrected chi connectivity index (χ2v) is 6.05. The van der Waals surface area contributed by atoms with Crippen LogP contribution in [-0.2, 0) is 4.74 Å². The number of ether oxygens (including phenoxy) is 4. The second-order valence-electron chi connectivity index (χ2n) is 6.05. The van der Waals surface area contributed by atoms with Gasteiger partial charge in [0, 0.05) is 19.6 Å². The predicted octanol–water partition coefficient (Wildman–Crippen LogP) is 1.51. The molecule has 1 fully saturated rings. The molecule has 2 rings (SSSR count). The Morgan fingerprint density at radius 2 is 1.68 bits per heavy atom. The lowest BCUT2D eigenvalue weighted by Gasteiger charge is -2.20. The summed E-state index contributed by atoms with van der Waals surface area (Å²) in [7, 11) is 6.69. The highest BCUT2D eigenvalue weighted by atomic mass is 16.5. The fourth-order valence-corrected chi connectivity index (χ4v) is 2.87. The third-order valence-corrected chi connectivity index (χ3v) is 4.35. The van der Waals surface area contributed by atoms with Gasteiger partial charge in [-0.05, 0) is 38.7 Å². The van der Waals surface area contributed by atoms with Crippen LogP contribution in [0.2, 0.25) is 0 Å². The van der Waals surface area contributed by atoms with E-state index in [0.717, 1.165) is 39.1 Å². The van der Waals surface area contributed by atoms with Crippen LogP contribution < -0.4 is 14.2 Å². The van der Waals surface area contributed by atoms with E-state index < -0.39 is 5.97 Å². The molecule has 1 saturated heterocycles. The highest BCUT2D eigenvalue weighted by molar-refractivity contribution is 5.91. The van der Waals surface area contributed by atoms with Crippen LogP contribution >= 0.6 is 0 Å². The number of rotatable bonds is 7. The van der Waals surface area contributed by atoms with Crippen molar-refractivity contribution >= 4 is 5.97 Å². The fourth-order valence-electron chi connectivity index (χ4n) is 2.87. The Labute approximate surface area is 149 Å². The summed E-state index contributed by atoms with van der Waals surface area (Å²) < 4.78 is 21.2. The molecule has 0 N–H and O–H groups in total. The Balaban J connectivity index is 1.94. The summed E-state index contributed by atoms with van der Waals surface area (Å²) in [5.41, 5.74) is 0.380. The summed E-state index contributed by atoms with van der Waals surface area (Å²) in [6, 6.07) is 3.20. The number of methoxy groups -OCH3 is 3. The smallest absolute Gasteiger partial charge is 0.338 e. The Bertz CT molecular complexity index is 554. The quantitative estimate of drug-likeness (QED) is 0.689. The molecular weight excluding hydrogens is 324 g/mol. The SMILES string of the molecule is COc1cc(C(=O)OCCN2CCCN(C)CC2)cc(OC)c1OC. The Hall–Kier alpha value is -1.99. The maximum Gasteiger partial charge on any atom is 0.338 e. The minimum Gasteiger partial charge on any atom is -0.493 e. The van der Waals surface area contributed by atoms with E-state index in [0.29, 0.717) is 29.4 Å². The molecule has 140 valence electrons. The third-order valence-electron chi connectivity index (χ3n) is 4.35. The molecular formula is C18H28N2O5. The molecule has 0 amide bonds. The van der Waals surface area contributed by atoms with Gasteiger partial charge in [-0.25, -0.2) is 4.79 Å². The van der Waals surface area contributed by atoms with Crippen LogP contribution in [0.3, 0.4) is 0 Å². The van der Waals surface area contributed by atoms with Crippen molar-refractivity contribution in [1.82, 2.24) is 9.80 Å². The molecule has 1 aromatic rings. The molecule has 0 saturated carbocycles. The summed E-state index contributed by atoms with van der Waals surface area (Å²) in [6.45, 7) is 5.29. The van der Waals surface area contributed by atoms with Gasteiger partial charge in [-0.1, -0.05) is 0 Å². The normalized spacial score (nSPS) is 16.2. The molecule has 0 bridgehead atoms. The van der Waals surface area contributed by atoms with Crippen molar-refractivity contribution in [1.29, 1.82) is 0 Å². The molecule has 1 aliphatic rings. The van der Waals surface area contributed by atoms with Gasteiger partial charge in [-0.15, -0.1) is 0 Å². The van der Waals surface area contributed by atoms with E-state index >= 15 is 0 Å². The van der Waals surface area contributed by atoms with Crippen molar-refractivity contribution in [3.63, 3.8) is 0 Å². The van der Waals surface area contributed by atoms with Crippen molar-refractivity contribution in [2.24, 2.45) is 0 Å². The maximum atomic E-state index is 12.3. The number of carbonyl (C=O) groups is 1. The van der Waals surface area contributed by atoms with Gasteiger partial charge >= 0.3 is 5.97 Å². The minimum atomic E-state index is -0.397. The Morgan fingerprint density at radius 1 is 1.00 bits per heavy atom. The largest absolute Gasteiger partial charge is 0.493 e. The van der Waals surface area contributed by atoms with Gasteiger partial charge in [0.25, 0.3) is 0 Å². The standard InChI is InChI=1S/C18H28N2O5/c1-19-6-5-7-20(9-8-19)10-11-25-18(21)14-12-15(22-2)17(24-4)16(13-14)23-3/h12-13H,5-11H2,1-4H3. The fraction of sp³-hybridized carbons (Fsp3) is 0.611. The number of hydrogen-bond acceptors (Lipinski definition) is 7. The lowest BCUT2D eigenvalue weighted by Crippen LogP contribution is -2.32. The first-order valence-electron chi connectivity index (χ1n) is 8.47. The minimum absolute atomic E-state index is 0.360. The van der Waals surface area contributed by atoms with Crippen LogP contribution in [0.4, 0.5) is 0 Å². The van der Waals surface area contributed by atoms with Crippen molar-refractivity contribution in [3.05, 3.63) is 17.7 Å². The van der Waals surface area contributed by atoms with Crippen molar-refractivity contribution < 1.29 is 23.7 Å². The van der Waals surface area contributed by atoms with E-state index in [-0.39, 0.29) is 0 Å². The molecule has 0 radical (unpaired) electrons. The predicted molar refractivity (Wildman–Crippen MR) is 94.9 cm³/mol. The first-order chi connectivity index (χ1) is 12.1. The van der Waals surface area contributed by atoms with Gasteiger partial charge in [0.15, 0.2) is 11.5 Å². The number of nitrogens with zero attached hydrogens (tertiary/aromatic N) is 2. The van der Waals surface area contributed by atoms with Gasteiger partial charge in [-0.2, -0.15) is 0 Å². The number of hydrogen-bond donors (Lipinski definition) is 0. The van der Waals surface area contributed by atoms with Crippen LogP contribution in [0.25, 0.3) is 0 Å². The van der Waals surface area contributed by atoms with Crippen LogP contribution in [0.5, 0.6) is 17.2 Å². The number of benzene rings is 1. The molecule has 1 aliphatic heterocycles. The maximum absolute atomic E-state index is 12.3. The van der Waals surface area contributed by atoms with Gasteiger partial charge in [0.1, 0.15) is 6.61 Å². The van der Waals surface area contributed by atoms with Crippen LogP contribution in [-0.4, -0.2) is 83.5 Å². The molecule has 7 nitrogen and oxygen atoms in total. The van der Waals surface area contributed by atoms with Crippen LogP contribution in [0.15, 0.2) is 12.1 Å². The first kappa shape index (κ1) is 19.3. The lowest BCUT2D eigenvalue weighted by molar-refractivity contribution is 0.0463. The van der Waals surface area contributed by atoms with Gasteiger partial charge in [-0.3, -0.25) is 4.90 Å². The summed E-state index contributed by atoms with van der Waals surface area (Å²) in [5.74, 6) is 0.926. The molecule has 1 aromatic carbocycles. The second kappa shape index (κ2) is 9.48. The molecule has 0 aromatic heterocycles. The van der Waals surface area contributed by atoms with E-state index in [9.17, 15) is 4.79 Å². The van der Waals surface area contributed by atoms with Gasteiger partial charge in [0.05, 0.1) is 26.9 Å². The zero-order chi connectivity index (χ0) is 18.2. The van der Waals surface area contributed by atoms with E-state index in [1.807, 2.05) is 0 Å². The molecule has 1 heterocycles. The lowest BCUT2D eigenvalue weighted by atomic mass is 10.2. The monoisotopic (exact) mass is 352 g/mol. The topological polar surface area (TPSA) is 60.5 Å². The summed E-state index contributed by atoms with van der Waals surface area (Å²) >= 11 is 0. The molecule has 0 aliphatic carbocycles. The Kier molecular flexibility index (Phi) is 7.33. The zero-order valence-electron chi connectivity index (χ0n) is 15.5. The highest BCUT2D eigenvalue weighted by Gasteiger charge is 2.18. The molecule has 0 spiro atoms. The number of esters is 1. The van der Waals surface area contributed by atoms with E-state index in [4.69, 9.17) is 18.9 Å². The van der Waals surface area contributed by atoms with E-state index in [2.05, 4.69) is 16.8 Å². The summed E-state index contributed by atoms with van der Waals surface area (Å²) in [5, 5.41) is 0. The van der Waals surface area contributed by atoms with Gasteiger partial charge < -0.3 is 23.8 Å². The zero-order valence-corrected chi connectivity index (χ0v) is 15.5. The molecule has 25 heavy (non-hydrogen) atoms. The van der Waals surface area contributed by atoms with Crippen molar-refractivity contribution in [2.45, 2.75) is 6.42 Å². The molecule has 7 heteroatoms. The number of likely N-dealkylation sites (N-methyl/N-ethyl adjacent to an activating group) is 1. The van der Waals surface area contributed by atoms with Crippen LogP contribution in [0.1, 0.15) is 16.8 Å². The van der Waals surface area contributed by atoms with Crippen LogP contribution in [0, 0.1) is 0 Å². The Morgan fingerprint density at radius 3 is 2.28 bits per heavy atom. The van der Waals surface area contributed by atoms with Crippen molar-refractivity contribution in [3.8, 4) is 17.2 Å². The highest BCUT2D eigenvalue weighted by Crippen LogP contribution is 2.38. The summed E-state index contributed by atoms with van der Waals surface area (Å²) in [6.07, 6.45) is 1.14. The van der Waals surface area contributed by atoms with Gasteiger partial charge in [0.2, 0.25) is 5.75 Å². The van der Waals surface area contributed by atoms with E-state index in [1.165, 1.54) is 21.3 Å². The third kappa shape index (κ3) is 5.24. The summed E-state index contributed by atoms with van der Waals surface area (Å²) in [4.78, 5) is 17.0.